The minimum atomic E-state index is -0.650. The summed E-state index contributed by atoms with van der Waals surface area (Å²) in [7, 11) is 0. The van der Waals surface area contributed by atoms with Crippen LogP contribution in [0.15, 0.2) is 0 Å². The van der Waals surface area contributed by atoms with E-state index in [9.17, 15) is 9.59 Å². The van der Waals surface area contributed by atoms with E-state index in [0.717, 1.165) is 43.4 Å². The van der Waals surface area contributed by atoms with Crippen LogP contribution < -0.4 is 0 Å². The second-order valence-corrected chi connectivity index (χ2v) is 11.0. The zero-order valence-electron chi connectivity index (χ0n) is 17.5. The van der Waals surface area contributed by atoms with Crippen molar-refractivity contribution >= 4 is 11.8 Å². The molecule has 0 aliphatic heterocycles. The van der Waals surface area contributed by atoms with Gasteiger partial charge in [-0.2, -0.15) is 0 Å². The molecule has 0 aromatic carbocycles. The van der Waals surface area contributed by atoms with E-state index in [4.69, 9.17) is 5.11 Å². The molecule has 0 bridgehead atoms. The van der Waals surface area contributed by atoms with Crippen LogP contribution in [0.4, 0.5) is 0 Å². The Bertz CT molecular complexity index is 613. The van der Waals surface area contributed by atoms with Gasteiger partial charge in [-0.1, -0.05) is 20.8 Å². The van der Waals surface area contributed by atoms with Crippen LogP contribution in [-0.4, -0.2) is 16.9 Å². The molecule has 4 aliphatic rings. The largest absolute Gasteiger partial charge is 0.481 e. The topological polar surface area (TPSA) is 54.4 Å². The van der Waals surface area contributed by atoms with E-state index in [2.05, 4.69) is 20.8 Å². The first-order valence-corrected chi connectivity index (χ1v) is 11.5. The zero-order chi connectivity index (χ0) is 19.4. The van der Waals surface area contributed by atoms with Gasteiger partial charge in [0.25, 0.3) is 0 Å². The first-order valence-electron chi connectivity index (χ1n) is 11.5. The molecule has 8 atom stereocenters. The number of rotatable bonds is 4. The number of Topliss-reactive ketones (excluding diaryl/α,β-unsaturated/α-hetero) is 1. The van der Waals surface area contributed by atoms with Crippen molar-refractivity contribution in [3.05, 3.63) is 0 Å². The van der Waals surface area contributed by atoms with Gasteiger partial charge in [0.2, 0.25) is 0 Å². The molecule has 0 amide bonds. The van der Waals surface area contributed by atoms with Gasteiger partial charge < -0.3 is 5.11 Å². The summed E-state index contributed by atoms with van der Waals surface area (Å²) in [6.07, 6.45) is 11.8. The van der Waals surface area contributed by atoms with Gasteiger partial charge in [-0.3, -0.25) is 9.59 Å². The van der Waals surface area contributed by atoms with E-state index in [1.807, 2.05) is 0 Å². The highest BCUT2D eigenvalue weighted by Gasteiger charge is 2.60. The summed E-state index contributed by atoms with van der Waals surface area (Å²) < 4.78 is 0. The number of carboxylic acids is 1. The van der Waals surface area contributed by atoms with E-state index in [1.165, 1.54) is 38.5 Å². The molecular weight excluding hydrogens is 336 g/mol. The van der Waals surface area contributed by atoms with Gasteiger partial charge in [-0.15, -0.1) is 0 Å². The molecule has 3 heteroatoms. The van der Waals surface area contributed by atoms with E-state index in [0.29, 0.717) is 40.8 Å². The predicted octanol–water partition coefficient (Wildman–Crippen LogP) is 5.72. The summed E-state index contributed by atoms with van der Waals surface area (Å²) in [6.45, 7) is 7.37. The normalized spacial score (nSPS) is 47.7. The van der Waals surface area contributed by atoms with Gasteiger partial charge in [0.1, 0.15) is 5.78 Å². The standard InChI is InChI=1S/C24H38O3/c1-15(4-9-22(26)27)19-7-8-20-18-6-5-16-14-17(25)10-12-23(16,2)21(18)11-13-24(19,20)3/h15-16,18-21H,4-14H2,1-3H3,(H,26,27)/t15-,16+,18+,19+,20-,21+,23-,24+/m0/s1. The van der Waals surface area contributed by atoms with Crippen molar-refractivity contribution in [2.24, 2.45) is 46.3 Å². The van der Waals surface area contributed by atoms with Crippen LogP contribution in [0.1, 0.15) is 91.4 Å². The summed E-state index contributed by atoms with van der Waals surface area (Å²) in [5.41, 5.74) is 0.804. The zero-order valence-corrected chi connectivity index (χ0v) is 17.5. The number of carbonyl (C=O) groups excluding carboxylic acids is 1. The number of ketones is 1. The monoisotopic (exact) mass is 374 g/mol. The van der Waals surface area contributed by atoms with Crippen LogP contribution in [0.2, 0.25) is 0 Å². The Balaban J connectivity index is 1.52. The number of hydrogen-bond acceptors (Lipinski definition) is 2. The Morgan fingerprint density at radius 1 is 1.07 bits per heavy atom. The van der Waals surface area contributed by atoms with Crippen molar-refractivity contribution in [2.45, 2.75) is 91.4 Å². The summed E-state index contributed by atoms with van der Waals surface area (Å²) in [5, 5.41) is 9.09. The van der Waals surface area contributed by atoms with Crippen LogP contribution in [0.3, 0.4) is 0 Å². The van der Waals surface area contributed by atoms with E-state index >= 15 is 0 Å². The molecular formula is C24H38O3. The van der Waals surface area contributed by atoms with Crippen molar-refractivity contribution in [3.8, 4) is 0 Å². The summed E-state index contributed by atoms with van der Waals surface area (Å²) in [4.78, 5) is 23.1. The molecule has 0 saturated heterocycles. The molecule has 0 aromatic heterocycles. The molecule has 0 aromatic rings. The van der Waals surface area contributed by atoms with Crippen molar-refractivity contribution in [3.63, 3.8) is 0 Å². The van der Waals surface area contributed by atoms with Crippen LogP contribution >= 0.6 is 0 Å². The molecule has 4 saturated carbocycles. The van der Waals surface area contributed by atoms with E-state index in [1.54, 1.807) is 0 Å². The lowest BCUT2D eigenvalue weighted by atomic mass is 9.44. The van der Waals surface area contributed by atoms with Gasteiger partial charge in [0, 0.05) is 19.3 Å². The fourth-order valence-corrected chi connectivity index (χ4v) is 8.57. The van der Waals surface area contributed by atoms with Crippen LogP contribution in [0.5, 0.6) is 0 Å². The highest BCUT2D eigenvalue weighted by Crippen LogP contribution is 2.68. The fourth-order valence-electron chi connectivity index (χ4n) is 8.57. The Morgan fingerprint density at radius 2 is 1.81 bits per heavy atom. The number of hydrogen-bond donors (Lipinski definition) is 1. The molecule has 0 spiro atoms. The molecule has 27 heavy (non-hydrogen) atoms. The Kier molecular flexibility index (Phi) is 4.96. The SMILES string of the molecule is C[C@@H](CCC(=O)O)[C@H]1CC[C@H]2[C@H]3CC[C@@H]4CC(=O)CC[C@]4(C)[C@@H]3CC[C@]12C. The lowest BCUT2D eigenvalue weighted by Gasteiger charge is -2.60. The van der Waals surface area contributed by atoms with Crippen molar-refractivity contribution in [1.82, 2.24) is 0 Å². The van der Waals surface area contributed by atoms with E-state index in [-0.39, 0.29) is 0 Å². The Hall–Kier alpha value is -0.860. The van der Waals surface area contributed by atoms with Crippen molar-refractivity contribution in [2.75, 3.05) is 0 Å². The molecule has 152 valence electrons. The van der Waals surface area contributed by atoms with Gasteiger partial charge in [-0.05, 0) is 97.7 Å². The third-order valence-electron chi connectivity index (χ3n) is 10.1. The second kappa shape index (κ2) is 6.88. The van der Waals surface area contributed by atoms with Crippen LogP contribution in [0.25, 0.3) is 0 Å². The van der Waals surface area contributed by atoms with Gasteiger partial charge in [0.15, 0.2) is 0 Å². The molecule has 4 rings (SSSR count). The van der Waals surface area contributed by atoms with Crippen molar-refractivity contribution < 1.29 is 14.7 Å². The van der Waals surface area contributed by atoms with Gasteiger partial charge in [0.05, 0.1) is 0 Å². The quantitative estimate of drug-likeness (QED) is 0.685. The maximum absolute atomic E-state index is 12.0. The molecule has 3 nitrogen and oxygen atoms in total. The summed E-state index contributed by atoms with van der Waals surface area (Å²) in [5.74, 6) is 4.19. The van der Waals surface area contributed by atoms with E-state index < -0.39 is 5.97 Å². The lowest BCUT2D eigenvalue weighted by molar-refractivity contribution is -0.140. The Labute approximate surface area is 164 Å². The average Bonchev–Trinajstić information content (AvgIpc) is 2.97. The van der Waals surface area contributed by atoms with Gasteiger partial charge >= 0.3 is 5.97 Å². The smallest absolute Gasteiger partial charge is 0.303 e. The first-order chi connectivity index (χ1) is 12.8. The lowest BCUT2D eigenvalue weighted by Crippen LogP contribution is -2.53. The highest BCUT2D eigenvalue weighted by atomic mass is 16.4. The maximum Gasteiger partial charge on any atom is 0.303 e. The van der Waals surface area contributed by atoms with Crippen LogP contribution in [-0.2, 0) is 9.59 Å². The highest BCUT2D eigenvalue weighted by molar-refractivity contribution is 5.79. The van der Waals surface area contributed by atoms with Crippen LogP contribution in [0, 0.1) is 46.3 Å². The maximum atomic E-state index is 12.0. The number of fused-ring (bicyclic) bond motifs is 5. The number of carbonyl (C=O) groups is 2. The Morgan fingerprint density at radius 3 is 2.56 bits per heavy atom. The summed E-state index contributed by atoms with van der Waals surface area (Å²) in [6, 6.07) is 0. The summed E-state index contributed by atoms with van der Waals surface area (Å²) >= 11 is 0. The molecule has 0 unspecified atom stereocenters. The average molecular weight is 375 g/mol. The molecule has 4 aliphatic carbocycles. The predicted molar refractivity (Wildman–Crippen MR) is 106 cm³/mol. The molecule has 1 N–H and O–H groups in total. The molecule has 0 radical (unpaired) electrons. The number of aliphatic carboxylic acids is 1. The third kappa shape index (κ3) is 3.08. The van der Waals surface area contributed by atoms with Crippen molar-refractivity contribution in [1.29, 1.82) is 0 Å². The minimum Gasteiger partial charge on any atom is -0.481 e. The second-order valence-electron chi connectivity index (χ2n) is 11.0. The first kappa shape index (κ1) is 19.5. The number of carboxylic acid groups (broad SMARTS) is 1. The fraction of sp³-hybridized carbons (Fsp3) is 0.917. The third-order valence-corrected chi connectivity index (χ3v) is 10.1. The molecule has 0 heterocycles. The minimum absolute atomic E-state index is 0.318. The molecule has 4 fully saturated rings. The van der Waals surface area contributed by atoms with Gasteiger partial charge in [-0.25, -0.2) is 0 Å².